The number of benzene rings is 3. The number of methoxy groups -OCH3 is 1. The predicted molar refractivity (Wildman–Crippen MR) is 114 cm³/mol. The Morgan fingerprint density at radius 3 is 2.52 bits per heavy atom. The fourth-order valence-electron chi connectivity index (χ4n) is 2.80. The van der Waals surface area contributed by atoms with Crippen LogP contribution in [0.4, 0.5) is 14.5 Å². The van der Waals surface area contributed by atoms with Gasteiger partial charge in [0.2, 0.25) is 0 Å². The Balaban J connectivity index is 1.57. The zero-order valence-corrected chi connectivity index (χ0v) is 16.6. The third-order valence-corrected chi connectivity index (χ3v) is 4.16. The smallest absolute Gasteiger partial charge is 0.387 e. The summed E-state index contributed by atoms with van der Waals surface area (Å²) in [5.74, 6) is -0.342. The molecule has 0 unspecified atom stereocenters. The van der Waals surface area contributed by atoms with Crippen LogP contribution < -0.4 is 14.8 Å². The van der Waals surface area contributed by atoms with Crippen molar-refractivity contribution < 1.29 is 27.9 Å². The Morgan fingerprint density at radius 2 is 1.77 bits per heavy atom. The fourth-order valence-corrected chi connectivity index (χ4v) is 2.80. The highest BCUT2D eigenvalue weighted by atomic mass is 19.3. The lowest BCUT2D eigenvalue weighted by molar-refractivity contribution is -0.120. The van der Waals surface area contributed by atoms with Crippen LogP contribution in [0.3, 0.4) is 0 Å². The van der Waals surface area contributed by atoms with Crippen molar-refractivity contribution in [3.63, 3.8) is 0 Å². The summed E-state index contributed by atoms with van der Waals surface area (Å²) in [6.07, 6.45) is 1.33. The minimum Gasteiger partial charge on any atom is -0.493 e. The summed E-state index contributed by atoms with van der Waals surface area (Å²) in [5.41, 5.74) is 3.04. The van der Waals surface area contributed by atoms with E-state index >= 15 is 0 Å². The van der Waals surface area contributed by atoms with Crippen molar-refractivity contribution in [3.8, 4) is 22.6 Å². The van der Waals surface area contributed by atoms with E-state index in [4.69, 9.17) is 9.57 Å². The second kappa shape index (κ2) is 10.7. The minimum atomic E-state index is -2.96. The zero-order valence-electron chi connectivity index (χ0n) is 16.6. The zero-order chi connectivity index (χ0) is 22.1. The molecular formula is C23H20F2N2O4. The van der Waals surface area contributed by atoms with E-state index in [1.165, 1.54) is 31.5 Å². The van der Waals surface area contributed by atoms with Gasteiger partial charge in [0.05, 0.1) is 13.3 Å². The number of nitrogens with one attached hydrogen (secondary N) is 1. The molecule has 0 fully saturated rings. The standard InChI is InChI=1S/C23H20F2N2O4/c1-29-21-13-16(11-12-20(21)31-23(24)25)14-26-30-15-22(28)27-19-10-6-5-9-18(19)17-7-3-2-4-8-17/h2-14,23H,15H2,1H3,(H,27,28)/b26-14+. The lowest BCUT2D eigenvalue weighted by Crippen LogP contribution is -2.17. The van der Waals surface area contributed by atoms with Gasteiger partial charge < -0.3 is 19.6 Å². The number of halogens is 2. The molecule has 160 valence electrons. The molecule has 0 spiro atoms. The Bertz CT molecular complexity index is 1040. The van der Waals surface area contributed by atoms with E-state index in [0.29, 0.717) is 11.3 Å². The van der Waals surface area contributed by atoms with E-state index in [0.717, 1.165) is 11.1 Å². The van der Waals surface area contributed by atoms with Crippen LogP contribution in [0.1, 0.15) is 5.56 Å². The maximum absolute atomic E-state index is 12.4. The Kier molecular flexibility index (Phi) is 7.53. The molecule has 0 aliphatic heterocycles. The van der Waals surface area contributed by atoms with Crippen LogP contribution >= 0.6 is 0 Å². The summed E-state index contributed by atoms with van der Waals surface area (Å²) in [7, 11) is 1.34. The highest BCUT2D eigenvalue weighted by molar-refractivity contribution is 5.96. The number of amides is 1. The summed E-state index contributed by atoms with van der Waals surface area (Å²) in [5, 5.41) is 6.55. The molecule has 1 N–H and O–H groups in total. The van der Waals surface area contributed by atoms with Crippen LogP contribution in [-0.2, 0) is 9.63 Å². The Labute approximate surface area is 178 Å². The van der Waals surface area contributed by atoms with Crippen LogP contribution in [0.25, 0.3) is 11.1 Å². The molecule has 3 aromatic carbocycles. The van der Waals surface area contributed by atoms with Gasteiger partial charge in [0, 0.05) is 16.8 Å². The van der Waals surface area contributed by atoms with Gasteiger partial charge in [-0.25, -0.2) is 0 Å². The van der Waals surface area contributed by atoms with E-state index < -0.39 is 6.61 Å². The molecule has 3 aromatic rings. The molecule has 0 saturated heterocycles. The number of alkyl halides is 2. The van der Waals surface area contributed by atoms with E-state index in [2.05, 4.69) is 15.2 Å². The fraction of sp³-hybridized carbons (Fsp3) is 0.130. The van der Waals surface area contributed by atoms with Gasteiger partial charge in [0.15, 0.2) is 18.1 Å². The highest BCUT2D eigenvalue weighted by Crippen LogP contribution is 2.29. The lowest BCUT2D eigenvalue weighted by atomic mass is 10.0. The number of para-hydroxylation sites is 1. The van der Waals surface area contributed by atoms with E-state index in [1.807, 2.05) is 48.5 Å². The highest BCUT2D eigenvalue weighted by Gasteiger charge is 2.11. The van der Waals surface area contributed by atoms with Crippen LogP contribution in [0.2, 0.25) is 0 Å². The second-order valence-corrected chi connectivity index (χ2v) is 6.26. The topological polar surface area (TPSA) is 69.2 Å². The van der Waals surface area contributed by atoms with Crippen molar-refractivity contribution in [2.24, 2.45) is 5.16 Å². The van der Waals surface area contributed by atoms with Gasteiger partial charge in [-0.15, -0.1) is 0 Å². The number of carbonyl (C=O) groups excluding carboxylic acids is 1. The molecule has 0 atom stereocenters. The number of ether oxygens (including phenoxy) is 2. The quantitative estimate of drug-likeness (QED) is 0.388. The van der Waals surface area contributed by atoms with Crippen molar-refractivity contribution in [2.45, 2.75) is 6.61 Å². The van der Waals surface area contributed by atoms with Crippen LogP contribution in [0.15, 0.2) is 78.0 Å². The van der Waals surface area contributed by atoms with Crippen LogP contribution in [-0.4, -0.2) is 32.4 Å². The number of hydrogen-bond acceptors (Lipinski definition) is 5. The first-order chi connectivity index (χ1) is 15.1. The largest absolute Gasteiger partial charge is 0.493 e. The lowest BCUT2D eigenvalue weighted by Gasteiger charge is -2.11. The SMILES string of the molecule is COc1cc(/C=N/OCC(=O)Nc2ccccc2-c2ccccc2)ccc1OC(F)F. The third kappa shape index (κ3) is 6.27. The molecular weight excluding hydrogens is 406 g/mol. The second-order valence-electron chi connectivity index (χ2n) is 6.26. The van der Waals surface area contributed by atoms with Gasteiger partial charge in [-0.1, -0.05) is 53.7 Å². The summed E-state index contributed by atoms with van der Waals surface area (Å²) >= 11 is 0. The maximum atomic E-state index is 12.4. The molecule has 3 rings (SSSR count). The first kappa shape index (κ1) is 21.8. The monoisotopic (exact) mass is 426 g/mol. The molecule has 6 nitrogen and oxygen atoms in total. The molecule has 0 saturated carbocycles. The molecule has 0 bridgehead atoms. The van der Waals surface area contributed by atoms with Gasteiger partial charge in [0.25, 0.3) is 5.91 Å². The van der Waals surface area contributed by atoms with E-state index in [1.54, 1.807) is 6.07 Å². The summed E-state index contributed by atoms with van der Waals surface area (Å²) in [6.45, 7) is -3.26. The van der Waals surface area contributed by atoms with Gasteiger partial charge in [-0.2, -0.15) is 8.78 Å². The molecule has 0 radical (unpaired) electrons. The van der Waals surface area contributed by atoms with E-state index in [9.17, 15) is 13.6 Å². The molecule has 0 aromatic heterocycles. The first-order valence-electron chi connectivity index (χ1n) is 9.29. The number of oxime groups is 1. The van der Waals surface area contributed by atoms with Gasteiger partial charge >= 0.3 is 6.61 Å². The number of nitrogens with zero attached hydrogens (tertiary/aromatic N) is 1. The number of hydrogen-bond donors (Lipinski definition) is 1. The van der Waals surface area contributed by atoms with Gasteiger partial charge in [-0.05, 0) is 29.8 Å². The number of rotatable bonds is 9. The Morgan fingerprint density at radius 1 is 1.03 bits per heavy atom. The average Bonchev–Trinajstić information content (AvgIpc) is 2.78. The molecule has 8 heteroatoms. The molecule has 0 aliphatic carbocycles. The number of anilines is 1. The number of carbonyl (C=O) groups is 1. The van der Waals surface area contributed by atoms with Crippen molar-refractivity contribution in [1.29, 1.82) is 0 Å². The minimum absolute atomic E-state index is 0.0907. The van der Waals surface area contributed by atoms with Crippen molar-refractivity contribution in [3.05, 3.63) is 78.4 Å². The van der Waals surface area contributed by atoms with Gasteiger partial charge in [-0.3, -0.25) is 4.79 Å². The van der Waals surface area contributed by atoms with E-state index in [-0.39, 0.29) is 24.0 Å². The van der Waals surface area contributed by atoms with Crippen molar-refractivity contribution >= 4 is 17.8 Å². The summed E-state index contributed by atoms with van der Waals surface area (Å²) < 4.78 is 34.1. The first-order valence-corrected chi connectivity index (χ1v) is 9.29. The van der Waals surface area contributed by atoms with Crippen molar-refractivity contribution in [2.75, 3.05) is 19.0 Å². The third-order valence-electron chi connectivity index (χ3n) is 4.16. The van der Waals surface area contributed by atoms with Crippen molar-refractivity contribution in [1.82, 2.24) is 0 Å². The predicted octanol–water partition coefficient (Wildman–Crippen LogP) is 4.95. The Hall–Kier alpha value is -3.94. The normalized spacial score (nSPS) is 10.8. The van der Waals surface area contributed by atoms with Crippen LogP contribution in [0.5, 0.6) is 11.5 Å². The van der Waals surface area contributed by atoms with Crippen LogP contribution in [0, 0.1) is 0 Å². The molecule has 0 heterocycles. The average molecular weight is 426 g/mol. The maximum Gasteiger partial charge on any atom is 0.387 e. The molecule has 1 amide bonds. The molecule has 0 aliphatic rings. The summed E-state index contributed by atoms with van der Waals surface area (Å²) in [4.78, 5) is 17.3. The molecule has 31 heavy (non-hydrogen) atoms. The summed E-state index contributed by atoms with van der Waals surface area (Å²) in [6, 6.07) is 21.4. The van der Waals surface area contributed by atoms with Gasteiger partial charge in [0.1, 0.15) is 0 Å².